The van der Waals surface area contributed by atoms with Gasteiger partial charge in [-0.05, 0) is 60.9 Å². The molecule has 0 saturated heterocycles. The Morgan fingerprint density at radius 2 is 2.26 bits per heavy atom. The Balaban J connectivity index is 0.00000180. The van der Waals surface area contributed by atoms with E-state index < -0.39 is 0 Å². The molecule has 0 bridgehead atoms. The van der Waals surface area contributed by atoms with Crippen molar-refractivity contribution < 1.29 is 4.79 Å². The molecule has 1 fully saturated rings. The molecule has 0 radical (unpaired) electrons. The minimum absolute atomic E-state index is 0. The first-order chi connectivity index (χ1) is 8.74. The second-order valence-electron chi connectivity index (χ2n) is 4.57. The fourth-order valence-electron chi connectivity index (χ4n) is 1.85. The fraction of sp³-hybridized carbons (Fsp3) is 0.357. The summed E-state index contributed by atoms with van der Waals surface area (Å²) < 4.78 is 0. The third kappa shape index (κ3) is 3.86. The van der Waals surface area contributed by atoms with Gasteiger partial charge in [0.2, 0.25) is 0 Å². The van der Waals surface area contributed by atoms with Crippen molar-refractivity contribution in [3.63, 3.8) is 0 Å². The number of allylic oxidation sites excluding steroid dienone is 1. The van der Waals surface area contributed by atoms with Gasteiger partial charge in [0.1, 0.15) is 0 Å². The van der Waals surface area contributed by atoms with Crippen LogP contribution >= 0.6 is 11.9 Å². The van der Waals surface area contributed by atoms with Gasteiger partial charge in [0.25, 0.3) is 0 Å². The van der Waals surface area contributed by atoms with E-state index in [1.807, 2.05) is 25.1 Å². The number of nitrogens with two attached hydrogens (primary N) is 1. The zero-order valence-electron chi connectivity index (χ0n) is 10.6. The normalized spacial score (nSPS) is 15.9. The molecular formula is C14H17FmN2OS-. The van der Waals surface area contributed by atoms with E-state index in [0.717, 1.165) is 21.9 Å². The molecular weight excluding hydrogens is 501 g/mol. The van der Waals surface area contributed by atoms with E-state index in [0.29, 0.717) is 0 Å². The number of nitrogens with one attached hydrogen (secondary N) is 1. The Morgan fingerprint density at radius 1 is 1.53 bits per heavy atom. The van der Waals surface area contributed by atoms with E-state index in [2.05, 4.69) is 17.5 Å². The average molecular weight is 518 g/mol. The first-order valence-electron chi connectivity index (χ1n) is 6.06. The maximum absolute atomic E-state index is 10.4. The third-order valence-electron chi connectivity index (χ3n) is 3.11. The Labute approximate surface area is 112 Å². The maximum atomic E-state index is 10.4. The van der Waals surface area contributed by atoms with E-state index in [1.54, 1.807) is 6.41 Å². The van der Waals surface area contributed by atoms with Crippen molar-refractivity contribution in [3.05, 3.63) is 35.4 Å². The fourth-order valence-corrected chi connectivity index (χ4v) is 2.19. The van der Waals surface area contributed by atoms with E-state index in [-0.39, 0.29) is 6.04 Å². The van der Waals surface area contributed by atoms with Crippen molar-refractivity contribution in [1.29, 1.82) is 0 Å². The van der Waals surface area contributed by atoms with Gasteiger partial charge in [-0.25, -0.2) is 0 Å². The smallest absolute Gasteiger partial charge is 0.0229 e. The monoisotopic (exact) mass is 518 g/mol. The van der Waals surface area contributed by atoms with Crippen LogP contribution in [0, 0.1) is 5.92 Å². The molecule has 1 amide bonds. The summed E-state index contributed by atoms with van der Waals surface area (Å²) in [5.74, 6) is 0.738. The predicted molar refractivity (Wildman–Crippen MR) is 75.5 cm³/mol. The molecule has 2 rings (SSSR count). The first-order valence-corrected chi connectivity index (χ1v) is 6.94. The molecule has 1 atom stereocenters. The van der Waals surface area contributed by atoms with Crippen molar-refractivity contribution in [1.82, 2.24) is 5.32 Å². The summed E-state index contributed by atoms with van der Waals surface area (Å²) >= 11 is 1.21. The largest absolute Gasteiger partial charge is 0.524 e. The van der Waals surface area contributed by atoms with E-state index in [1.165, 1.54) is 24.8 Å². The molecule has 1 aliphatic carbocycles. The van der Waals surface area contributed by atoms with Gasteiger partial charge in [0.15, 0.2) is 0 Å². The van der Waals surface area contributed by atoms with Crippen LogP contribution in [0.2, 0.25) is 0 Å². The van der Waals surface area contributed by atoms with Crippen molar-refractivity contribution >= 4 is 24.4 Å². The summed E-state index contributed by atoms with van der Waals surface area (Å²) in [4.78, 5) is 11.4. The summed E-state index contributed by atoms with van der Waals surface area (Å²) in [5.41, 5.74) is 2.21. The average Bonchev–Trinajstić information content (AvgIpc) is 3.20. The second kappa shape index (κ2) is 6.61. The van der Waals surface area contributed by atoms with Gasteiger partial charge in [-0.1, -0.05) is 18.2 Å². The number of benzene rings is 1. The van der Waals surface area contributed by atoms with Gasteiger partial charge in [-0.2, -0.15) is 6.41 Å². The van der Waals surface area contributed by atoms with Gasteiger partial charge in [-0.15, -0.1) is 0 Å². The molecule has 3 nitrogen and oxygen atoms in total. The zero-order chi connectivity index (χ0) is 13.0. The minimum atomic E-state index is -0.0616. The minimum Gasteiger partial charge on any atom is -0.524 e. The molecule has 1 saturated carbocycles. The van der Waals surface area contributed by atoms with Crippen molar-refractivity contribution in [3.8, 4) is 0 Å². The summed E-state index contributed by atoms with van der Waals surface area (Å²) in [6.07, 6.45) is 8.71. The number of amides is 1. The van der Waals surface area contributed by atoms with Crippen LogP contribution in [0.5, 0.6) is 0 Å². The molecule has 3 N–H and O–H groups in total. The molecule has 0 aromatic heterocycles. The van der Waals surface area contributed by atoms with E-state index >= 15 is 0 Å². The van der Waals surface area contributed by atoms with Crippen molar-refractivity contribution in [2.75, 3.05) is 0 Å². The molecule has 1 aliphatic rings. The maximum Gasteiger partial charge on any atom is 0.0229 e. The van der Waals surface area contributed by atoms with E-state index in [4.69, 9.17) is 5.14 Å². The van der Waals surface area contributed by atoms with Crippen LogP contribution in [-0.2, 0) is 4.79 Å². The SMILES string of the molecule is C[C@@H](N[C-]=O)c1cc(SN)ccc1/C=C/C1CC1.[Fm]. The Morgan fingerprint density at radius 3 is 2.84 bits per heavy atom. The standard InChI is InChI=1S/C14H17N2OS.Fm/c1-10(16-9-17)14-8-13(18-15)7-6-12(14)5-4-11-2-3-11;/h4-8,10-11H,2-3,15H2,1H3,(H,16,17);/q-1;/b5-4+;/t10-;/m1./s1. The van der Waals surface area contributed by atoms with Gasteiger partial charge >= 0.3 is 0 Å². The number of rotatable bonds is 6. The molecule has 0 heterocycles. The Hall–Kier alpha value is -2.26. The molecule has 1 aromatic rings. The zero-order valence-corrected chi connectivity index (χ0v) is 13.9. The summed E-state index contributed by atoms with van der Waals surface area (Å²) in [6.45, 7) is 1.94. The van der Waals surface area contributed by atoms with Crippen LogP contribution in [-0.4, -0.2) is 6.41 Å². The molecule has 0 unspecified atom stereocenters. The van der Waals surface area contributed by atoms with Crippen LogP contribution in [0.3, 0.4) is 0 Å². The Bertz CT molecular complexity index is 461. The molecule has 5 heteroatoms. The summed E-state index contributed by atoms with van der Waals surface area (Å²) in [7, 11) is 0. The third-order valence-corrected chi connectivity index (χ3v) is 3.63. The van der Waals surface area contributed by atoms with E-state index in [9.17, 15) is 4.79 Å². The molecule has 19 heavy (non-hydrogen) atoms. The molecule has 0 aliphatic heterocycles. The quantitative estimate of drug-likeness (QED) is 0.346. The van der Waals surface area contributed by atoms with Crippen LogP contribution in [0.4, 0.5) is 0 Å². The number of hydrogen-bond acceptors (Lipinski definition) is 3. The second-order valence-corrected chi connectivity index (χ2v) is 5.28. The number of hydrogen-bond donors (Lipinski definition) is 2. The predicted octanol–water partition coefficient (Wildman–Crippen LogP) is 2.79. The van der Waals surface area contributed by atoms with Crippen LogP contribution in [0.25, 0.3) is 6.08 Å². The van der Waals surface area contributed by atoms with Crippen molar-refractivity contribution in [2.45, 2.75) is 30.7 Å². The van der Waals surface area contributed by atoms with Gasteiger partial charge in [0.05, 0.1) is 0 Å². The summed E-state index contributed by atoms with van der Waals surface area (Å²) in [6, 6.07) is 6.00. The van der Waals surface area contributed by atoms with Crippen molar-refractivity contribution in [2.24, 2.45) is 11.1 Å². The molecule has 108 valence electrons. The molecule has 1 aromatic carbocycles. The molecule has 0 spiro atoms. The van der Waals surface area contributed by atoms with Crippen LogP contribution < -0.4 is 10.5 Å². The van der Waals surface area contributed by atoms with Gasteiger partial charge in [-0.3, -0.25) is 5.14 Å². The Kier molecular flexibility index (Phi) is 5.15. The van der Waals surface area contributed by atoms with Crippen LogP contribution in [0.1, 0.15) is 36.9 Å². The van der Waals surface area contributed by atoms with Gasteiger partial charge < -0.3 is 10.1 Å². The van der Waals surface area contributed by atoms with Crippen LogP contribution in [0.15, 0.2) is 29.2 Å². The first kappa shape index (κ1) is 14.8. The van der Waals surface area contributed by atoms with Gasteiger partial charge in [0, 0.05) is 10.9 Å². The topological polar surface area (TPSA) is 55.1 Å². The number of carbonyl (C=O) groups excluding carboxylic acids is 1. The summed E-state index contributed by atoms with van der Waals surface area (Å²) in [5, 5.41) is 8.24.